The molecule has 0 atom stereocenters. The number of nitrogens with two attached hydrogens (primary N) is 1. The highest BCUT2D eigenvalue weighted by molar-refractivity contribution is 5.77. The molecule has 0 spiro atoms. The fraction of sp³-hybridized carbons (Fsp3) is 0.923. The summed E-state index contributed by atoms with van der Waals surface area (Å²) in [5, 5.41) is 3.00. The van der Waals surface area contributed by atoms with Crippen molar-refractivity contribution >= 4 is 5.91 Å². The zero-order chi connectivity index (χ0) is 11.4. The number of rotatable bonds is 6. The molecule has 0 bridgehead atoms. The van der Waals surface area contributed by atoms with Gasteiger partial charge in [0, 0.05) is 18.5 Å². The van der Waals surface area contributed by atoms with Gasteiger partial charge in [0.25, 0.3) is 0 Å². The number of hydrogen-bond donors (Lipinski definition) is 2. The van der Waals surface area contributed by atoms with Gasteiger partial charge in [0.2, 0.25) is 5.91 Å². The van der Waals surface area contributed by atoms with Gasteiger partial charge in [-0.25, -0.2) is 0 Å². The summed E-state index contributed by atoms with van der Waals surface area (Å²) in [7, 11) is 0. The molecule has 1 amide bonds. The van der Waals surface area contributed by atoms with E-state index in [4.69, 9.17) is 5.73 Å². The van der Waals surface area contributed by atoms with Crippen molar-refractivity contribution < 1.29 is 4.79 Å². The van der Waals surface area contributed by atoms with Crippen LogP contribution in [0.2, 0.25) is 0 Å². The van der Waals surface area contributed by atoms with Gasteiger partial charge in [-0.1, -0.05) is 25.7 Å². The standard InChI is InChI=1S/C13H24N2O/c14-13(7-1-2-8-13)10-12(16)15-9-3-4-11-5-6-11/h11H,1-10,14H2,(H,15,16). The lowest BCUT2D eigenvalue weighted by molar-refractivity contribution is -0.122. The lowest BCUT2D eigenvalue weighted by atomic mass is 9.94. The van der Waals surface area contributed by atoms with E-state index in [0.29, 0.717) is 6.42 Å². The average Bonchev–Trinajstić information content (AvgIpc) is 2.96. The maximum Gasteiger partial charge on any atom is 0.221 e. The summed E-state index contributed by atoms with van der Waals surface area (Å²) in [4.78, 5) is 11.7. The SMILES string of the molecule is NC1(CC(=O)NCCCC2CC2)CCCC1. The Kier molecular flexibility index (Phi) is 3.85. The van der Waals surface area contributed by atoms with Crippen LogP contribution >= 0.6 is 0 Å². The lowest BCUT2D eigenvalue weighted by Gasteiger charge is -2.22. The van der Waals surface area contributed by atoms with Gasteiger partial charge in [-0.3, -0.25) is 4.79 Å². The Labute approximate surface area is 98.2 Å². The van der Waals surface area contributed by atoms with E-state index >= 15 is 0 Å². The van der Waals surface area contributed by atoms with Gasteiger partial charge in [-0.15, -0.1) is 0 Å². The molecule has 0 aromatic heterocycles. The molecule has 0 aromatic rings. The van der Waals surface area contributed by atoms with E-state index < -0.39 is 0 Å². The van der Waals surface area contributed by atoms with Crippen molar-refractivity contribution in [3.63, 3.8) is 0 Å². The smallest absolute Gasteiger partial charge is 0.221 e. The molecule has 2 rings (SSSR count). The number of carbonyl (C=O) groups excluding carboxylic acids is 1. The minimum absolute atomic E-state index is 0.153. The minimum atomic E-state index is -0.194. The molecule has 0 radical (unpaired) electrons. The third-order valence-electron chi connectivity index (χ3n) is 3.92. The summed E-state index contributed by atoms with van der Waals surface area (Å²) in [6, 6.07) is 0. The molecule has 2 saturated carbocycles. The monoisotopic (exact) mass is 224 g/mol. The molecular formula is C13H24N2O. The number of hydrogen-bond acceptors (Lipinski definition) is 2. The molecule has 2 fully saturated rings. The zero-order valence-corrected chi connectivity index (χ0v) is 10.1. The zero-order valence-electron chi connectivity index (χ0n) is 10.1. The first-order valence-electron chi connectivity index (χ1n) is 6.74. The van der Waals surface area contributed by atoms with Crippen molar-refractivity contribution in [3.05, 3.63) is 0 Å². The summed E-state index contributed by atoms with van der Waals surface area (Å²) in [6.07, 6.45) is 10.2. The maximum absolute atomic E-state index is 11.7. The highest BCUT2D eigenvalue weighted by atomic mass is 16.1. The highest BCUT2D eigenvalue weighted by Crippen LogP contribution is 2.33. The Bertz CT molecular complexity index is 242. The van der Waals surface area contributed by atoms with Gasteiger partial charge < -0.3 is 11.1 Å². The van der Waals surface area contributed by atoms with Gasteiger partial charge in [0.1, 0.15) is 0 Å². The van der Waals surface area contributed by atoms with Crippen LogP contribution in [0.1, 0.15) is 57.8 Å². The van der Waals surface area contributed by atoms with Crippen molar-refractivity contribution in [2.45, 2.75) is 63.3 Å². The predicted molar refractivity (Wildman–Crippen MR) is 65.0 cm³/mol. The largest absolute Gasteiger partial charge is 0.356 e. The second-order valence-electron chi connectivity index (χ2n) is 5.68. The van der Waals surface area contributed by atoms with Gasteiger partial charge >= 0.3 is 0 Å². The van der Waals surface area contributed by atoms with Gasteiger partial charge in [0.15, 0.2) is 0 Å². The summed E-state index contributed by atoms with van der Waals surface area (Å²) in [5.74, 6) is 1.12. The van der Waals surface area contributed by atoms with E-state index in [1.54, 1.807) is 0 Å². The Morgan fingerprint density at radius 3 is 2.62 bits per heavy atom. The van der Waals surface area contributed by atoms with Crippen LogP contribution in [0, 0.1) is 5.92 Å². The van der Waals surface area contributed by atoms with Crippen LogP contribution in [0.5, 0.6) is 0 Å². The quantitative estimate of drug-likeness (QED) is 0.678. The Balaban J connectivity index is 1.56. The average molecular weight is 224 g/mol. The third kappa shape index (κ3) is 3.78. The van der Waals surface area contributed by atoms with Crippen molar-refractivity contribution in [1.82, 2.24) is 5.32 Å². The Morgan fingerprint density at radius 2 is 2.00 bits per heavy atom. The van der Waals surface area contributed by atoms with Crippen LogP contribution in [0.15, 0.2) is 0 Å². The molecule has 0 heterocycles. The van der Waals surface area contributed by atoms with Crippen molar-refractivity contribution in [1.29, 1.82) is 0 Å². The van der Waals surface area contributed by atoms with E-state index in [0.717, 1.165) is 31.7 Å². The number of carbonyl (C=O) groups is 1. The van der Waals surface area contributed by atoms with Crippen molar-refractivity contribution in [2.24, 2.45) is 11.7 Å². The predicted octanol–water partition coefficient (Wildman–Crippen LogP) is 1.95. The van der Waals surface area contributed by atoms with Crippen LogP contribution in [-0.2, 0) is 4.79 Å². The summed E-state index contributed by atoms with van der Waals surface area (Å²) in [6.45, 7) is 0.839. The molecule has 0 aromatic carbocycles. The molecule has 0 saturated heterocycles. The van der Waals surface area contributed by atoms with Crippen LogP contribution in [0.3, 0.4) is 0 Å². The van der Waals surface area contributed by atoms with Crippen LogP contribution < -0.4 is 11.1 Å². The highest BCUT2D eigenvalue weighted by Gasteiger charge is 2.31. The van der Waals surface area contributed by atoms with E-state index in [1.165, 1.54) is 32.1 Å². The second kappa shape index (κ2) is 5.17. The number of amides is 1. The Morgan fingerprint density at radius 1 is 1.31 bits per heavy atom. The number of nitrogens with one attached hydrogen (secondary N) is 1. The van der Waals surface area contributed by atoms with Gasteiger partial charge in [-0.2, -0.15) is 0 Å². The third-order valence-corrected chi connectivity index (χ3v) is 3.92. The molecule has 3 N–H and O–H groups in total. The lowest BCUT2D eigenvalue weighted by Crippen LogP contribution is -2.42. The van der Waals surface area contributed by atoms with E-state index in [-0.39, 0.29) is 11.4 Å². The van der Waals surface area contributed by atoms with Crippen LogP contribution in [-0.4, -0.2) is 18.0 Å². The molecule has 3 nitrogen and oxygen atoms in total. The fourth-order valence-electron chi connectivity index (χ4n) is 2.66. The normalized spacial score (nSPS) is 23.3. The molecule has 0 unspecified atom stereocenters. The molecule has 92 valence electrons. The molecular weight excluding hydrogens is 200 g/mol. The van der Waals surface area contributed by atoms with Crippen molar-refractivity contribution in [2.75, 3.05) is 6.54 Å². The van der Waals surface area contributed by atoms with E-state index in [9.17, 15) is 4.79 Å². The van der Waals surface area contributed by atoms with Gasteiger partial charge in [-0.05, 0) is 31.6 Å². The first kappa shape index (κ1) is 11.9. The molecule has 2 aliphatic rings. The minimum Gasteiger partial charge on any atom is -0.356 e. The molecule has 2 aliphatic carbocycles. The molecule has 16 heavy (non-hydrogen) atoms. The van der Waals surface area contributed by atoms with E-state index in [2.05, 4.69) is 5.32 Å². The van der Waals surface area contributed by atoms with Crippen LogP contribution in [0.25, 0.3) is 0 Å². The first-order chi connectivity index (χ1) is 7.68. The van der Waals surface area contributed by atoms with Crippen LogP contribution in [0.4, 0.5) is 0 Å². The summed E-state index contributed by atoms with van der Waals surface area (Å²) < 4.78 is 0. The Hall–Kier alpha value is -0.570. The van der Waals surface area contributed by atoms with Crippen molar-refractivity contribution in [3.8, 4) is 0 Å². The summed E-state index contributed by atoms with van der Waals surface area (Å²) in [5.41, 5.74) is 5.97. The first-order valence-corrected chi connectivity index (χ1v) is 6.74. The van der Waals surface area contributed by atoms with E-state index in [1.807, 2.05) is 0 Å². The molecule has 0 aliphatic heterocycles. The summed E-state index contributed by atoms with van der Waals surface area (Å²) >= 11 is 0. The maximum atomic E-state index is 11.7. The topological polar surface area (TPSA) is 55.1 Å². The molecule has 3 heteroatoms. The fourth-order valence-corrected chi connectivity index (χ4v) is 2.66. The van der Waals surface area contributed by atoms with Gasteiger partial charge in [0.05, 0.1) is 0 Å². The second-order valence-corrected chi connectivity index (χ2v) is 5.68.